The lowest BCUT2D eigenvalue weighted by molar-refractivity contribution is -0.125. The summed E-state index contributed by atoms with van der Waals surface area (Å²) < 4.78 is 0. The van der Waals surface area contributed by atoms with E-state index in [1.54, 1.807) is 34.0 Å². The standard InChI is InChI=1S/C26H26N4O2S/c1-3-26(32)29-16-14-21(18-29)30(19-31)24-13-15-27-17-25(24)28(2)20-9-11-23(12-10-20)33-22-7-5-4-6-8-22/h3-13,15,17,19,21H,1,14,16,18H2,2H3. The summed E-state index contributed by atoms with van der Waals surface area (Å²) in [5, 5.41) is 0. The highest BCUT2D eigenvalue weighted by Crippen LogP contribution is 2.36. The summed E-state index contributed by atoms with van der Waals surface area (Å²) in [7, 11) is 1.96. The first-order valence-electron chi connectivity index (χ1n) is 10.8. The summed E-state index contributed by atoms with van der Waals surface area (Å²) in [6.07, 6.45) is 6.33. The highest BCUT2D eigenvalue weighted by Gasteiger charge is 2.31. The van der Waals surface area contributed by atoms with Gasteiger partial charge in [0.15, 0.2) is 0 Å². The van der Waals surface area contributed by atoms with E-state index in [2.05, 4.69) is 48.0 Å². The average Bonchev–Trinajstić information content (AvgIpc) is 3.35. The lowest BCUT2D eigenvalue weighted by Gasteiger charge is -2.30. The van der Waals surface area contributed by atoms with Crippen molar-refractivity contribution in [3.05, 3.63) is 85.7 Å². The van der Waals surface area contributed by atoms with Gasteiger partial charge in [-0.15, -0.1) is 0 Å². The molecule has 7 heteroatoms. The van der Waals surface area contributed by atoms with E-state index in [0.717, 1.165) is 34.8 Å². The van der Waals surface area contributed by atoms with Crippen LogP contribution in [-0.2, 0) is 9.59 Å². The summed E-state index contributed by atoms with van der Waals surface area (Å²) in [5.41, 5.74) is 2.58. The second-order valence-corrected chi connectivity index (χ2v) is 8.92. The lowest BCUT2D eigenvalue weighted by atomic mass is 10.2. The molecule has 1 saturated heterocycles. The van der Waals surface area contributed by atoms with Gasteiger partial charge >= 0.3 is 0 Å². The van der Waals surface area contributed by atoms with Crippen molar-refractivity contribution < 1.29 is 9.59 Å². The Morgan fingerprint density at radius 2 is 1.82 bits per heavy atom. The molecular formula is C26H26N4O2S. The first kappa shape index (κ1) is 22.6. The number of nitrogens with zero attached hydrogens (tertiary/aromatic N) is 4. The molecule has 0 spiro atoms. The molecule has 0 radical (unpaired) electrons. The van der Waals surface area contributed by atoms with E-state index in [1.807, 2.05) is 36.2 Å². The van der Waals surface area contributed by atoms with E-state index in [4.69, 9.17) is 0 Å². The Balaban J connectivity index is 1.54. The van der Waals surface area contributed by atoms with Crippen molar-refractivity contribution >= 4 is 41.1 Å². The van der Waals surface area contributed by atoms with Crippen LogP contribution in [0.15, 0.2) is 95.5 Å². The van der Waals surface area contributed by atoms with Crippen molar-refractivity contribution in [2.75, 3.05) is 29.9 Å². The number of anilines is 3. The fraction of sp³-hybridized carbons (Fsp3) is 0.192. The van der Waals surface area contributed by atoms with Crippen molar-refractivity contribution in [3.8, 4) is 0 Å². The van der Waals surface area contributed by atoms with E-state index in [-0.39, 0.29) is 11.9 Å². The maximum absolute atomic E-state index is 12.1. The van der Waals surface area contributed by atoms with Crippen LogP contribution in [0.1, 0.15) is 6.42 Å². The molecule has 2 heterocycles. The molecule has 6 nitrogen and oxygen atoms in total. The minimum absolute atomic E-state index is 0.0920. The molecule has 1 fully saturated rings. The number of amides is 2. The number of pyridine rings is 1. The van der Waals surface area contributed by atoms with Gasteiger partial charge in [-0.3, -0.25) is 14.6 Å². The smallest absolute Gasteiger partial charge is 0.246 e. The molecule has 2 amide bonds. The number of benzene rings is 2. The van der Waals surface area contributed by atoms with E-state index in [1.165, 1.54) is 11.0 Å². The minimum atomic E-state index is -0.108. The number of carbonyl (C=O) groups excluding carboxylic acids is 2. The van der Waals surface area contributed by atoms with Crippen LogP contribution in [0.3, 0.4) is 0 Å². The molecule has 0 N–H and O–H groups in total. The van der Waals surface area contributed by atoms with Gasteiger partial charge in [0.2, 0.25) is 12.3 Å². The molecule has 3 aromatic rings. The Kier molecular flexibility index (Phi) is 7.10. The summed E-state index contributed by atoms with van der Waals surface area (Å²) >= 11 is 1.71. The van der Waals surface area contributed by atoms with Crippen LogP contribution >= 0.6 is 11.8 Å². The van der Waals surface area contributed by atoms with E-state index in [0.29, 0.717) is 13.1 Å². The summed E-state index contributed by atoms with van der Waals surface area (Å²) in [6, 6.07) is 20.3. The molecule has 33 heavy (non-hydrogen) atoms. The van der Waals surface area contributed by atoms with Crippen LogP contribution in [0.5, 0.6) is 0 Å². The fourth-order valence-corrected chi connectivity index (χ4v) is 4.83. The third kappa shape index (κ3) is 5.09. The molecule has 168 valence electrons. The van der Waals surface area contributed by atoms with Gasteiger partial charge in [-0.2, -0.15) is 0 Å². The second-order valence-electron chi connectivity index (χ2n) is 7.78. The van der Waals surface area contributed by atoms with Crippen LogP contribution in [0.4, 0.5) is 17.1 Å². The highest BCUT2D eigenvalue weighted by molar-refractivity contribution is 7.99. The quantitative estimate of drug-likeness (QED) is 0.360. The largest absolute Gasteiger partial charge is 0.342 e. The van der Waals surface area contributed by atoms with Crippen molar-refractivity contribution in [1.29, 1.82) is 0 Å². The summed E-state index contributed by atoms with van der Waals surface area (Å²) in [4.78, 5) is 36.2. The van der Waals surface area contributed by atoms with E-state index >= 15 is 0 Å². The number of carbonyl (C=O) groups is 2. The van der Waals surface area contributed by atoms with Gasteiger partial charge in [0.25, 0.3) is 0 Å². The van der Waals surface area contributed by atoms with Crippen LogP contribution in [0, 0.1) is 0 Å². The Morgan fingerprint density at radius 3 is 2.52 bits per heavy atom. The summed E-state index contributed by atoms with van der Waals surface area (Å²) in [6.45, 7) is 4.66. The molecule has 0 saturated carbocycles. The zero-order valence-electron chi connectivity index (χ0n) is 18.5. The van der Waals surface area contributed by atoms with Crippen LogP contribution < -0.4 is 9.80 Å². The maximum Gasteiger partial charge on any atom is 0.246 e. The average molecular weight is 459 g/mol. The topological polar surface area (TPSA) is 56.8 Å². The molecule has 4 rings (SSSR count). The Hall–Kier alpha value is -3.58. The van der Waals surface area contributed by atoms with Gasteiger partial charge in [-0.25, -0.2) is 0 Å². The van der Waals surface area contributed by atoms with E-state index in [9.17, 15) is 9.59 Å². The highest BCUT2D eigenvalue weighted by atomic mass is 32.2. The van der Waals surface area contributed by atoms with Gasteiger partial charge in [0, 0.05) is 41.8 Å². The second kappa shape index (κ2) is 10.4. The van der Waals surface area contributed by atoms with Crippen molar-refractivity contribution in [3.63, 3.8) is 0 Å². The Labute approximate surface area is 198 Å². The molecular weight excluding hydrogens is 432 g/mol. The molecule has 0 bridgehead atoms. The van der Waals surface area contributed by atoms with Gasteiger partial charge in [0.05, 0.1) is 23.6 Å². The first-order chi connectivity index (χ1) is 16.1. The van der Waals surface area contributed by atoms with Gasteiger partial charge in [-0.05, 0) is 55.0 Å². The van der Waals surface area contributed by atoms with Crippen molar-refractivity contribution in [2.45, 2.75) is 22.3 Å². The predicted molar refractivity (Wildman–Crippen MR) is 133 cm³/mol. The lowest BCUT2D eigenvalue weighted by Crippen LogP contribution is -2.38. The number of hydrogen-bond acceptors (Lipinski definition) is 5. The Morgan fingerprint density at radius 1 is 1.09 bits per heavy atom. The molecule has 1 unspecified atom stereocenters. The minimum Gasteiger partial charge on any atom is -0.342 e. The normalized spacial score (nSPS) is 15.2. The third-order valence-electron chi connectivity index (χ3n) is 5.78. The zero-order valence-corrected chi connectivity index (χ0v) is 19.3. The number of rotatable bonds is 8. The molecule has 2 aromatic carbocycles. The van der Waals surface area contributed by atoms with Crippen LogP contribution in [0.25, 0.3) is 0 Å². The maximum atomic E-state index is 12.1. The van der Waals surface area contributed by atoms with E-state index < -0.39 is 0 Å². The SMILES string of the molecule is C=CC(=O)N1CCC(N(C=O)c2ccncc2N(C)c2ccc(Sc3ccccc3)cc2)C1. The van der Waals surface area contributed by atoms with Crippen molar-refractivity contribution in [2.24, 2.45) is 0 Å². The number of likely N-dealkylation sites (tertiary alicyclic amines) is 1. The predicted octanol–water partition coefficient (Wildman–Crippen LogP) is 4.75. The summed E-state index contributed by atoms with van der Waals surface area (Å²) in [5.74, 6) is -0.108. The molecule has 1 aliphatic rings. The van der Waals surface area contributed by atoms with Crippen LogP contribution in [-0.4, -0.2) is 48.4 Å². The molecule has 1 aromatic heterocycles. The molecule has 1 aliphatic heterocycles. The van der Waals surface area contributed by atoms with Gasteiger partial charge in [-0.1, -0.05) is 36.5 Å². The fourth-order valence-electron chi connectivity index (χ4n) is 3.99. The van der Waals surface area contributed by atoms with Gasteiger partial charge < -0.3 is 14.7 Å². The monoisotopic (exact) mass is 458 g/mol. The number of aromatic nitrogens is 1. The first-order valence-corrected chi connectivity index (χ1v) is 11.6. The molecule has 1 atom stereocenters. The molecule has 0 aliphatic carbocycles. The zero-order chi connectivity index (χ0) is 23.2. The Bertz CT molecular complexity index is 1120. The number of hydrogen-bond donors (Lipinski definition) is 0. The third-order valence-corrected chi connectivity index (χ3v) is 6.79. The van der Waals surface area contributed by atoms with Crippen molar-refractivity contribution in [1.82, 2.24) is 9.88 Å². The van der Waals surface area contributed by atoms with Crippen LogP contribution in [0.2, 0.25) is 0 Å². The van der Waals surface area contributed by atoms with Gasteiger partial charge in [0.1, 0.15) is 0 Å².